The Balaban J connectivity index is 1.78. The Morgan fingerprint density at radius 3 is 2.18 bits per heavy atom. The summed E-state index contributed by atoms with van der Waals surface area (Å²) in [7, 11) is 1.50. The number of rotatable bonds is 7. The minimum absolute atomic E-state index is 0.0764. The Labute approximate surface area is 332 Å². The van der Waals surface area contributed by atoms with E-state index in [0.717, 1.165) is 0 Å². The van der Waals surface area contributed by atoms with Gasteiger partial charge < -0.3 is 53.6 Å². The predicted molar refractivity (Wildman–Crippen MR) is 204 cm³/mol. The first-order valence-corrected chi connectivity index (χ1v) is 20.4. The number of aliphatic hydroxyl groups excluding tert-OH is 2. The highest BCUT2D eigenvalue weighted by molar-refractivity contribution is 5.73. The van der Waals surface area contributed by atoms with Gasteiger partial charge in [0.2, 0.25) is 0 Å². The van der Waals surface area contributed by atoms with E-state index in [-0.39, 0.29) is 43.1 Å². The molecule has 19 atom stereocenters. The highest BCUT2D eigenvalue weighted by Crippen LogP contribution is 2.43. The molecule has 0 spiro atoms. The lowest BCUT2D eigenvalue weighted by molar-refractivity contribution is -0.318. The number of nitrogens with zero attached hydrogens (tertiary/aromatic N) is 2. The number of aliphatic hydroxyl groups is 4. The zero-order valence-corrected chi connectivity index (χ0v) is 35.7. The molecule has 56 heavy (non-hydrogen) atoms. The minimum Gasteiger partial charge on any atom is -0.459 e. The second kappa shape index (κ2) is 18.4. The van der Waals surface area contributed by atoms with Crippen LogP contribution in [0, 0.1) is 35.5 Å². The van der Waals surface area contributed by atoms with Crippen LogP contribution in [-0.2, 0) is 38.0 Å². The van der Waals surface area contributed by atoms with Gasteiger partial charge in [-0.1, -0.05) is 41.5 Å². The molecule has 15 nitrogen and oxygen atoms in total. The van der Waals surface area contributed by atoms with E-state index in [9.17, 15) is 30.0 Å². The maximum atomic E-state index is 14.3. The van der Waals surface area contributed by atoms with E-state index in [2.05, 4.69) is 4.98 Å². The largest absolute Gasteiger partial charge is 0.459 e. The zero-order chi connectivity index (χ0) is 42.1. The topological polar surface area (TPSA) is 197 Å². The lowest BCUT2D eigenvalue weighted by Gasteiger charge is -2.49. The van der Waals surface area contributed by atoms with E-state index >= 15 is 0 Å². The molecule has 0 amide bonds. The third-order valence-electron chi connectivity index (χ3n) is 13.2. The van der Waals surface area contributed by atoms with Crippen molar-refractivity contribution in [1.82, 2.24) is 9.55 Å². The average Bonchev–Trinajstić information content (AvgIpc) is 3.68. The van der Waals surface area contributed by atoms with Crippen LogP contribution in [0.5, 0.6) is 0 Å². The molecule has 0 radical (unpaired) electrons. The number of aromatic nitrogens is 2. The number of methoxy groups -OCH3 is 1. The molecule has 1 aromatic rings. The van der Waals surface area contributed by atoms with Gasteiger partial charge in [0.25, 0.3) is 0 Å². The molecule has 322 valence electrons. The van der Waals surface area contributed by atoms with Crippen molar-refractivity contribution in [3.63, 3.8) is 0 Å². The second-order valence-electron chi connectivity index (χ2n) is 17.9. The summed E-state index contributed by atoms with van der Waals surface area (Å²) >= 11 is 0. The average molecular weight is 799 g/mol. The van der Waals surface area contributed by atoms with Crippen LogP contribution in [0.25, 0.3) is 0 Å². The lowest BCUT2D eigenvalue weighted by Crippen LogP contribution is -2.60. The summed E-state index contributed by atoms with van der Waals surface area (Å²) in [5, 5.41) is 47.3. The highest BCUT2D eigenvalue weighted by atomic mass is 16.7. The van der Waals surface area contributed by atoms with E-state index in [0.29, 0.717) is 6.42 Å². The quantitative estimate of drug-likeness (QED) is 0.283. The molecule has 3 aliphatic heterocycles. The van der Waals surface area contributed by atoms with Crippen molar-refractivity contribution >= 4 is 12.1 Å². The van der Waals surface area contributed by atoms with Crippen molar-refractivity contribution in [3.05, 3.63) is 18.7 Å². The van der Waals surface area contributed by atoms with Gasteiger partial charge in [-0.05, 0) is 84.5 Å². The molecule has 0 bridgehead atoms. The molecule has 4 N–H and O–H groups in total. The Morgan fingerprint density at radius 1 is 0.929 bits per heavy atom. The van der Waals surface area contributed by atoms with Crippen molar-refractivity contribution in [2.45, 2.75) is 187 Å². The molecule has 3 aliphatic rings. The Morgan fingerprint density at radius 2 is 1.59 bits per heavy atom. The molecule has 4 rings (SSSR count). The summed E-state index contributed by atoms with van der Waals surface area (Å²) in [6.07, 6.45) is -4.64. The maximum absolute atomic E-state index is 14.3. The first kappa shape index (κ1) is 46.5. The number of hydrogen-bond acceptors (Lipinski definition) is 14. The van der Waals surface area contributed by atoms with E-state index in [1.165, 1.54) is 37.3 Å². The Hall–Kier alpha value is -2.21. The van der Waals surface area contributed by atoms with E-state index < -0.39 is 102 Å². The van der Waals surface area contributed by atoms with Crippen LogP contribution in [0.2, 0.25) is 0 Å². The van der Waals surface area contributed by atoms with Gasteiger partial charge in [-0.2, -0.15) is 0 Å². The third-order valence-corrected chi connectivity index (χ3v) is 13.2. The normalized spacial score (nSPS) is 47.4. The van der Waals surface area contributed by atoms with Gasteiger partial charge in [0.05, 0.1) is 42.0 Å². The first-order valence-electron chi connectivity index (χ1n) is 20.4. The fraction of sp³-hybridized carbons (Fsp3) is 0.878. The van der Waals surface area contributed by atoms with Crippen LogP contribution in [0.3, 0.4) is 0 Å². The molecule has 9 unspecified atom stereocenters. The van der Waals surface area contributed by atoms with E-state index in [1.807, 2.05) is 41.5 Å². The summed E-state index contributed by atoms with van der Waals surface area (Å²) in [4.78, 5) is 31.2. The second-order valence-corrected chi connectivity index (χ2v) is 17.9. The smallest absolute Gasteiger partial charge is 0.419 e. The van der Waals surface area contributed by atoms with E-state index in [4.69, 9.17) is 33.2 Å². The van der Waals surface area contributed by atoms with Crippen LogP contribution in [0.15, 0.2) is 18.7 Å². The molecule has 1 aromatic heterocycles. The van der Waals surface area contributed by atoms with Crippen LogP contribution in [0.4, 0.5) is 4.79 Å². The minimum atomic E-state index is -1.80. The van der Waals surface area contributed by atoms with E-state index in [1.54, 1.807) is 34.6 Å². The molecule has 0 saturated carbocycles. The van der Waals surface area contributed by atoms with Crippen molar-refractivity contribution in [2.24, 2.45) is 35.5 Å². The third kappa shape index (κ3) is 9.96. The molecule has 0 aromatic carbocycles. The number of imidazole rings is 1. The van der Waals surface area contributed by atoms with Gasteiger partial charge in [-0.15, -0.1) is 0 Å². The van der Waals surface area contributed by atoms with Gasteiger partial charge in [-0.3, -0.25) is 4.79 Å². The van der Waals surface area contributed by atoms with Crippen LogP contribution in [0.1, 0.15) is 109 Å². The number of hydrogen-bond donors (Lipinski definition) is 4. The number of cyclic esters (lactones) is 1. The van der Waals surface area contributed by atoms with Crippen molar-refractivity contribution in [2.75, 3.05) is 7.11 Å². The monoisotopic (exact) mass is 798 g/mol. The first-order chi connectivity index (χ1) is 26.0. The molecule has 3 fully saturated rings. The number of esters is 1. The zero-order valence-electron chi connectivity index (χ0n) is 35.7. The van der Waals surface area contributed by atoms with Crippen molar-refractivity contribution in [1.29, 1.82) is 0 Å². The van der Waals surface area contributed by atoms with Crippen molar-refractivity contribution < 1.29 is 63.2 Å². The highest BCUT2D eigenvalue weighted by Gasteiger charge is 2.54. The Bertz CT molecular complexity index is 1430. The predicted octanol–water partition coefficient (Wildman–Crippen LogP) is 4.45. The van der Waals surface area contributed by atoms with Gasteiger partial charge >= 0.3 is 12.1 Å². The number of carbonyl (C=O) groups is 2. The molecule has 3 saturated heterocycles. The molecule has 0 aliphatic carbocycles. The van der Waals surface area contributed by atoms with Crippen molar-refractivity contribution in [3.8, 4) is 0 Å². The van der Waals surface area contributed by atoms with Gasteiger partial charge in [0.1, 0.15) is 29.7 Å². The fourth-order valence-corrected chi connectivity index (χ4v) is 9.25. The SMILES string of the molecule is CC[C@H]1OC(=O)[C@H](C)[C@@H](OC2CC(C)(OC)C(OC(=O)n3ccnc3)C(C)O2)C(C)[C@@H](OC2OC(C)CC(C)C2O)[C@](C)(O)C[C@@H](C)[C@H](C)[C@H](C)[C@@H](O)[C@]1(C)O. The van der Waals surface area contributed by atoms with Crippen LogP contribution < -0.4 is 0 Å². The Kier molecular flexibility index (Phi) is 15.2. The molecule has 4 heterocycles. The van der Waals surface area contributed by atoms with Crippen LogP contribution >= 0.6 is 0 Å². The molecule has 15 heteroatoms. The lowest BCUT2D eigenvalue weighted by atomic mass is 9.70. The fourth-order valence-electron chi connectivity index (χ4n) is 9.25. The number of carbonyl (C=O) groups excluding carboxylic acids is 2. The standard InChI is InChI=1S/C41H70N2O13/c1-14-29-41(12,49)33(45)25(6)24(5)22(3)18-39(10,48)34(55-37-31(44)21(2)17-23(4)51-37)26(7)32(27(8)36(46)53-29)54-30-19-40(11,50-13)35(28(9)52-30)56-38(47)43-16-15-42-20-43/h15-16,20-35,37,44-45,48-49H,14,17-19H2,1-13H3/t21?,22-,23?,24+,25+,26?,27-,28?,29-,30?,31?,32+,33-,34-,35?,37?,39-,40?,41-/m1/s1. The van der Waals surface area contributed by atoms with Crippen LogP contribution in [-0.4, -0.2) is 127 Å². The molecular formula is C41H70N2O13. The number of ether oxygens (including phenoxy) is 7. The summed E-state index contributed by atoms with van der Waals surface area (Å²) < 4.78 is 45.1. The summed E-state index contributed by atoms with van der Waals surface area (Å²) in [5.41, 5.74) is -4.50. The van der Waals surface area contributed by atoms with Gasteiger partial charge in [0.15, 0.2) is 18.7 Å². The van der Waals surface area contributed by atoms with Gasteiger partial charge in [-0.25, -0.2) is 14.3 Å². The van der Waals surface area contributed by atoms with Gasteiger partial charge in [0, 0.05) is 31.8 Å². The maximum Gasteiger partial charge on any atom is 0.419 e. The summed E-state index contributed by atoms with van der Waals surface area (Å²) in [6, 6.07) is 0. The summed E-state index contributed by atoms with van der Waals surface area (Å²) in [5.74, 6) is -3.52. The summed E-state index contributed by atoms with van der Waals surface area (Å²) in [6.45, 7) is 21.5. The molecular weight excluding hydrogens is 728 g/mol.